The third-order valence-electron chi connectivity index (χ3n) is 8.33. The Morgan fingerprint density at radius 1 is 1.00 bits per heavy atom. The van der Waals surface area contributed by atoms with Crippen molar-refractivity contribution in [3.8, 4) is 17.2 Å². The minimum Gasteiger partial charge on any atom is -0.369 e. The van der Waals surface area contributed by atoms with E-state index in [1.807, 2.05) is 21.9 Å². The van der Waals surface area contributed by atoms with Crippen molar-refractivity contribution < 1.29 is 0 Å². The molecule has 0 spiro atoms. The van der Waals surface area contributed by atoms with Gasteiger partial charge in [-0.15, -0.1) is 22.7 Å². The molecule has 4 atom stereocenters. The van der Waals surface area contributed by atoms with Crippen LogP contribution in [0.15, 0.2) is 65.5 Å². The Kier molecular flexibility index (Phi) is 6.62. The van der Waals surface area contributed by atoms with Crippen LogP contribution in [-0.4, -0.2) is 57.9 Å². The topological polar surface area (TPSA) is 132 Å². The monoisotopic (exact) mass is 723 g/mol. The molecule has 9 nitrogen and oxygen atoms in total. The van der Waals surface area contributed by atoms with Gasteiger partial charge in [0.15, 0.2) is 11.9 Å². The number of benzene rings is 1. The highest BCUT2D eigenvalue weighted by atomic mass is 79.9. The van der Waals surface area contributed by atoms with Crippen LogP contribution in [0.2, 0.25) is 0 Å². The van der Waals surface area contributed by atoms with Gasteiger partial charge in [-0.05, 0) is 82.2 Å². The summed E-state index contributed by atoms with van der Waals surface area (Å²) in [5.74, 6) is 2.83. The van der Waals surface area contributed by atoms with Gasteiger partial charge in [0.25, 0.3) is 0 Å². The second-order valence-corrected chi connectivity index (χ2v) is 14.9. The van der Waals surface area contributed by atoms with Crippen molar-refractivity contribution in [3.63, 3.8) is 0 Å². The molecule has 2 aromatic heterocycles. The molecule has 1 aromatic carbocycles. The summed E-state index contributed by atoms with van der Waals surface area (Å²) in [6, 6.07) is 12.4. The van der Waals surface area contributed by atoms with Crippen molar-refractivity contribution >= 4 is 78.1 Å². The van der Waals surface area contributed by atoms with Gasteiger partial charge >= 0.3 is 0 Å². The highest BCUT2D eigenvalue weighted by Gasteiger charge is 2.48. The lowest BCUT2D eigenvalue weighted by Crippen LogP contribution is -2.54. The summed E-state index contributed by atoms with van der Waals surface area (Å²) < 4.78 is 1.02. The van der Waals surface area contributed by atoms with E-state index in [0.717, 1.165) is 55.7 Å². The average molecular weight is 726 g/mol. The number of hydrogen-bond donors (Lipinski definition) is 2. The molecule has 4 aliphatic rings. The van der Waals surface area contributed by atoms with Gasteiger partial charge in [0, 0.05) is 32.6 Å². The van der Waals surface area contributed by atoms with Crippen molar-refractivity contribution in [2.45, 2.75) is 42.2 Å². The highest BCUT2D eigenvalue weighted by molar-refractivity contribution is 9.10. The number of nitrogens with zero attached hydrogens (tertiary/aromatic N) is 7. The number of thiophene rings is 2. The second-order valence-electron chi connectivity index (χ2n) is 11.2. The largest absolute Gasteiger partial charge is 0.369 e. The van der Waals surface area contributed by atoms with Gasteiger partial charge in [-0.3, -0.25) is 19.8 Å². The number of aliphatic imine (C=N–C) groups is 4. The fraction of sp³-hybridized carbons (Fsp3) is 0.345. The number of nitrogens with two attached hydrogens (primary N) is 2. The predicted octanol–water partition coefficient (Wildman–Crippen LogP) is 5.52. The third-order valence-corrected chi connectivity index (χ3v) is 12.7. The summed E-state index contributed by atoms with van der Waals surface area (Å²) in [5.41, 5.74) is 15.4. The highest BCUT2D eigenvalue weighted by Crippen LogP contribution is 2.45. The van der Waals surface area contributed by atoms with Crippen molar-refractivity contribution in [2.75, 3.05) is 19.6 Å². The van der Waals surface area contributed by atoms with Crippen LogP contribution >= 0.6 is 54.5 Å². The Balaban J connectivity index is 1.22. The molecule has 3 aromatic rings. The summed E-state index contributed by atoms with van der Waals surface area (Å²) in [4.78, 5) is 25.7. The molecular weight excluding hydrogens is 698 g/mol. The van der Waals surface area contributed by atoms with Crippen molar-refractivity contribution in [1.29, 1.82) is 5.26 Å². The Morgan fingerprint density at radius 2 is 1.79 bits per heavy atom. The molecule has 42 heavy (non-hydrogen) atoms. The van der Waals surface area contributed by atoms with Crippen LogP contribution in [0.5, 0.6) is 0 Å². The normalized spacial score (nSPS) is 28.5. The quantitative estimate of drug-likeness (QED) is 0.342. The Morgan fingerprint density at radius 3 is 2.55 bits per heavy atom. The molecule has 2 unspecified atom stereocenters. The molecule has 0 fully saturated rings. The maximum absolute atomic E-state index is 9.94. The summed E-state index contributed by atoms with van der Waals surface area (Å²) in [6.07, 6.45) is 0.713. The zero-order valence-electron chi connectivity index (χ0n) is 22.9. The molecule has 6 heterocycles. The number of halogens is 2. The molecule has 4 N–H and O–H groups in total. The molecule has 0 saturated heterocycles. The lowest BCUT2D eigenvalue weighted by molar-refractivity contribution is 0.468. The molecule has 0 radical (unpaired) electrons. The maximum atomic E-state index is 9.94. The fourth-order valence-corrected chi connectivity index (χ4v) is 9.49. The van der Waals surface area contributed by atoms with Gasteiger partial charge in [-0.25, -0.2) is 9.98 Å². The predicted molar refractivity (Wildman–Crippen MR) is 178 cm³/mol. The molecular formula is C29H27Br2N9S2. The van der Waals surface area contributed by atoms with Crippen molar-refractivity contribution in [3.05, 3.63) is 66.4 Å². The number of fused-ring (bicyclic) bond motifs is 2. The van der Waals surface area contributed by atoms with Crippen LogP contribution in [0, 0.1) is 11.3 Å². The van der Waals surface area contributed by atoms with Crippen molar-refractivity contribution in [2.24, 2.45) is 31.4 Å². The van der Waals surface area contributed by atoms with Gasteiger partial charge in [0.2, 0.25) is 0 Å². The molecule has 0 aliphatic carbocycles. The lowest BCUT2D eigenvalue weighted by atomic mass is 9.92. The maximum Gasteiger partial charge on any atom is 0.197 e. The first-order chi connectivity index (χ1) is 20.1. The zero-order valence-corrected chi connectivity index (χ0v) is 27.7. The van der Waals surface area contributed by atoms with E-state index >= 15 is 0 Å². The second kappa shape index (κ2) is 10.0. The van der Waals surface area contributed by atoms with Crippen LogP contribution in [0.3, 0.4) is 0 Å². The Hall–Kier alpha value is -3.05. The van der Waals surface area contributed by atoms with Crippen molar-refractivity contribution in [1.82, 2.24) is 9.80 Å². The van der Waals surface area contributed by atoms with Crippen LogP contribution < -0.4 is 11.5 Å². The standard InChI is InChI=1S/C29H27Br2N9S2/c1-28(10-23-35-3-4-39(23)26(33)37-28)21-8-18(13-41-21)16-5-15(11-32)6-17(7-16)20-12-40-25(36-20)24(31)29(2,38-27(40)34)22-9-19(30)14-42-22/h5-9,13-14,20,24H,3-4,10,12H2,1-2H3,(H2,33,37)(H2,34,38)/t20?,24?,28-,29+/m0/s1. The smallest absolute Gasteiger partial charge is 0.197 e. The minimum absolute atomic E-state index is 0.157. The van der Waals surface area contributed by atoms with E-state index in [1.165, 1.54) is 0 Å². The molecule has 4 aliphatic heterocycles. The fourth-order valence-electron chi connectivity index (χ4n) is 6.03. The number of amidine groups is 2. The SMILES string of the molecule is C[C@@]1(c2cc(-c3cc(C#N)cc(C4CN5C(N)=N[C@](C)(c6cc(Br)cs6)C(Br)C5=N4)c3)cs2)CC2=NCCN2C(N)=N1. The summed E-state index contributed by atoms with van der Waals surface area (Å²) in [5, 5.41) is 14.1. The number of alkyl halides is 1. The molecule has 0 bridgehead atoms. The van der Waals surface area contributed by atoms with Gasteiger partial charge in [0.05, 0.1) is 30.8 Å². The van der Waals surface area contributed by atoms with Gasteiger partial charge in [0.1, 0.15) is 27.6 Å². The van der Waals surface area contributed by atoms with Crippen LogP contribution in [0.1, 0.15) is 47.2 Å². The lowest BCUT2D eigenvalue weighted by Gasteiger charge is -2.38. The summed E-state index contributed by atoms with van der Waals surface area (Å²) in [7, 11) is 0. The van der Waals surface area contributed by atoms with E-state index in [0.29, 0.717) is 30.4 Å². The van der Waals surface area contributed by atoms with Gasteiger partial charge in [-0.2, -0.15) is 5.26 Å². The van der Waals surface area contributed by atoms with E-state index in [2.05, 4.69) is 85.7 Å². The van der Waals surface area contributed by atoms with E-state index in [1.54, 1.807) is 22.7 Å². The molecule has 214 valence electrons. The van der Waals surface area contributed by atoms with E-state index in [9.17, 15) is 5.26 Å². The van der Waals surface area contributed by atoms with Gasteiger partial charge < -0.3 is 11.5 Å². The molecule has 7 rings (SSSR count). The number of guanidine groups is 2. The van der Waals surface area contributed by atoms with E-state index in [4.69, 9.17) is 26.4 Å². The molecule has 13 heteroatoms. The van der Waals surface area contributed by atoms with E-state index < -0.39 is 11.1 Å². The molecule has 0 amide bonds. The first kappa shape index (κ1) is 27.8. The molecule has 0 saturated carbocycles. The number of nitriles is 1. The van der Waals surface area contributed by atoms with E-state index in [-0.39, 0.29) is 10.9 Å². The Bertz CT molecular complexity index is 1780. The minimum atomic E-state index is -0.583. The Labute approximate surface area is 268 Å². The summed E-state index contributed by atoms with van der Waals surface area (Å²) in [6.45, 7) is 6.30. The zero-order chi connectivity index (χ0) is 29.4. The van der Waals surface area contributed by atoms with Gasteiger partial charge in [-0.1, -0.05) is 15.9 Å². The van der Waals surface area contributed by atoms with Crippen LogP contribution in [0.4, 0.5) is 0 Å². The van der Waals surface area contributed by atoms with Crippen LogP contribution in [0.25, 0.3) is 11.1 Å². The average Bonchev–Trinajstić information content (AvgIpc) is 3.77. The number of hydrogen-bond acceptors (Lipinski definition) is 11. The first-order valence-corrected chi connectivity index (χ1v) is 16.9. The summed E-state index contributed by atoms with van der Waals surface area (Å²) >= 11 is 10.8. The number of rotatable bonds is 4. The third kappa shape index (κ3) is 4.42. The van der Waals surface area contributed by atoms with Crippen LogP contribution in [-0.2, 0) is 11.1 Å². The first-order valence-electron chi connectivity index (χ1n) is 13.5.